The standard InChI is InChI=1S/C15H15ClIN/c1-10-5-3-4-6-13(10)11(2)18-15-8-7-12(17)9-14(15)16/h3-9,11,18H,1-2H3. The summed E-state index contributed by atoms with van der Waals surface area (Å²) in [4.78, 5) is 0. The minimum absolute atomic E-state index is 0.240. The molecule has 0 aromatic heterocycles. The maximum atomic E-state index is 6.23. The number of hydrogen-bond donors (Lipinski definition) is 1. The summed E-state index contributed by atoms with van der Waals surface area (Å²) in [7, 11) is 0. The Morgan fingerprint density at radius 2 is 1.89 bits per heavy atom. The Bertz CT molecular complexity index is 554. The topological polar surface area (TPSA) is 12.0 Å². The third kappa shape index (κ3) is 3.18. The summed E-state index contributed by atoms with van der Waals surface area (Å²) in [5.74, 6) is 0. The number of halogens is 2. The molecule has 1 N–H and O–H groups in total. The van der Waals surface area contributed by atoms with Crippen molar-refractivity contribution in [1.29, 1.82) is 0 Å². The van der Waals surface area contributed by atoms with E-state index in [9.17, 15) is 0 Å². The zero-order valence-corrected chi connectivity index (χ0v) is 13.3. The van der Waals surface area contributed by atoms with Crippen LogP contribution in [0.15, 0.2) is 42.5 Å². The zero-order chi connectivity index (χ0) is 13.1. The van der Waals surface area contributed by atoms with E-state index in [1.807, 2.05) is 12.1 Å². The summed E-state index contributed by atoms with van der Waals surface area (Å²) >= 11 is 8.49. The van der Waals surface area contributed by atoms with Crippen molar-refractivity contribution in [3.63, 3.8) is 0 Å². The molecule has 0 heterocycles. The number of rotatable bonds is 3. The molecule has 0 aliphatic carbocycles. The first-order valence-corrected chi connectivity index (χ1v) is 7.30. The van der Waals surface area contributed by atoms with Gasteiger partial charge in [-0.05, 0) is 65.8 Å². The van der Waals surface area contributed by atoms with Gasteiger partial charge in [0.2, 0.25) is 0 Å². The molecule has 1 unspecified atom stereocenters. The summed E-state index contributed by atoms with van der Waals surface area (Å²) in [5.41, 5.74) is 3.57. The van der Waals surface area contributed by atoms with Gasteiger partial charge < -0.3 is 5.32 Å². The normalized spacial score (nSPS) is 12.2. The molecule has 0 saturated carbocycles. The third-order valence-electron chi connectivity index (χ3n) is 2.96. The van der Waals surface area contributed by atoms with E-state index in [0.29, 0.717) is 0 Å². The summed E-state index contributed by atoms with van der Waals surface area (Å²) in [6.45, 7) is 4.28. The molecule has 2 rings (SSSR count). The minimum atomic E-state index is 0.240. The Morgan fingerprint density at radius 3 is 2.56 bits per heavy atom. The van der Waals surface area contributed by atoms with Crippen LogP contribution in [0, 0.1) is 10.5 Å². The van der Waals surface area contributed by atoms with Crippen LogP contribution in [0.1, 0.15) is 24.1 Å². The molecule has 1 nitrogen and oxygen atoms in total. The molecule has 0 aliphatic heterocycles. The Balaban J connectivity index is 2.21. The van der Waals surface area contributed by atoms with Gasteiger partial charge in [0.25, 0.3) is 0 Å². The van der Waals surface area contributed by atoms with Gasteiger partial charge in [-0.1, -0.05) is 35.9 Å². The summed E-state index contributed by atoms with van der Waals surface area (Å²) in [5, 5.41) is 4.23. The monoisotopic (exact) mass is 371 g/mol. The maximum Gasteiger partial charge on any atom is 0.0648 e. The van der Waals surface area contributed by atoms with Gasteiger partial charge >= 0.3 is 0 Å². The average Bonchev–Trinajstić information content (AvgIpc) is 2.33. The fraction of sp³-hybridized carbons (Fsp3) is 0.200. The van der Waals surface area contributed by atoms with Gasteiger partial charge in [0.05, 0.1) is 10.7 Å². The van der Waals surface area contributed by atoms with E-state index in [2.05, 4.69) is 72.1 Å². The molecule has 94 valence electrons. The number of anilines is 1. The molecule has 3 heteroatoms. The van der Waals surface area contributed by atoms with Gasteiger partial charge in [-0.15, -0.1) is 0 Å². The molecule has 18 heavy (non-hydrogen) atoms. The lowest BCUT2D eigenvalue weighted by atomic mass is 10.0. The fourth-order valence-electron chi connectivity index (χ4n) is 1.99. The molecule has 0 spiro atoms. The van der Waals surface area contributed by atoms with Gasteiger partial charge in [0.15, 0.2) is 0 Å². The van der Waals surface area contributed by atoms with Crippen LogP contribution in [0.3, 0.4) is 0 Å². The average molecular weight is 372 g/mol. The highest BCUT2D eigenvalue weighted by molar-refractivity contribution is 14.1. The van der Waals surface area contributed by atoms with Crippen molar-refractivity contribution in [2.75, 3.05) is 5.32 Å². The molecule has 0 fully saturated rings. The van der Waals surface area contributed by atoms with Crippen LogP contribution in [0.25, 0.3) is 0 Å². The van der Waals surface area contributed by atoms with Crippen molar-refractivity contribution in [2.24, 2.45) is 0 Å². The lowest BCUT2D eigenvalue weighted by Crippen LogP contribution is -2.08. The summed E-state index contributed by atoms with van der Waals surface area (Å²) in [6.07, 6.45) is 0. The van der Waals surface area contributed by atoms with Crippen LogP contribution in [0.4, 0.5) is 5.69 Å². The largest absolute Gasteiger partial charge is 0.377 e. The number of nitrogens with one attached hydrogen (secondary N) is 1. The lowest BCUT2D eigenvalue weighted by molar-refractivity contribution is 0.874. The molecule has 0 radical (unpaired) electrons. The quantitative estimate of drug-likeness (QED) is 0.710. The maximum absolute atomic E-state index is 6.23. The number of aryl methyl sites for hydroxylation is 1. The SMILES string of the molecule is Cc1ccccc1C(C)Nc1ccc(I)cc1Cl. The number of benzene rings is 2. The first-order valence-electron chi connectivity index (χ1n) is 5.85. The highest BCUT2D eigenvalue weighted by Crippen LogP contribution is 2.28. The second kappa shape index (κ2) is 5.93. The predicted octanol–water partition coefficient (Wildman–Crippen LogP) is 5.43. The van der Waals surface area contributed by atoms with E-state index in [1.165, 1.54) is 11.1 Å². The fourth-order valence-corrected chi connectivity index (χ4v) is 2.90. The van der Waals surface area contributed by atoms with E-state index in [-0.39, 0.29) is 6.04 Å². The van der Waals surface area contributed by atoms with Crippen molar-refractivity contribution < 1.29 is 0 Å². The van der Waals surface area contributed by atoms with Crippen molar-refractivity contribution in [3.8, 4) is 0 Å². The van der Waals surface area contributed by atoms with Crippen molar-refractivity contribution in [1.82, 2.24) is 0 Å². The van der Waals surface area contributed by atoms with E-state index in [0.717, 1.165) is 14.3 Å². The zero-order valence-electron chi connectivity index (χ0n) is 10.4. The third-order valence-corrected chi connectivity index (χ3v) is 3.94. The molecular weight excluding hydrogens is 357 g/mol. The van der Waals surface area contributed by atoms with Gasteiger partial charge in [0, 0.05) is 9.61 Å². The van der Waals surface area contributed by atoms with Gasteiger partial charge in [-0.2, -0.15) is 0 Å². The molecule has 0 aliphatic rings. The molecule has 2 aromatic carbocycles. The Morgan fingerprint density at radius 1 is 1.17 bits per heavy atom. The number of hydrogen-bond acceptors (Lipinski definition) is 1. The smallest absolute Gasteiger partial charge is 0.0648 e. The van der Waals surface area contributed by atoms with Crippen molar-refractivity contribution in [3.05, 3.63) is 62.2 Å². The Labute approximate surface area is 127 Å². The molecular formula is C15H15ClIN. The summed E-state index contributed by atoms with van der Waals surface area (Å²) < 4.78 is 1.15. The van der Waals surface area contributed by atoms with E-state index >= 15 is 0 Å². The predicted molar refractivity (Wildman–Crippen MR) is 87.4 cm³/mol. The van der Waals surface area contributed by atoms with Gasteiger partial charge in [-0.3, -0.25) is 0 Å². The molecule has 2 aromatic rings. The van der Waals surface area contributed by atoms with Crippen LogP contribution >= 0.6 is 34.2 Å². The van der Waals surface area contributed by atoms with Crippen LogP contribution in [-0.2, 0) is 0 Å². The van der Waals surface area contributed by atoms with Crippen molar-refractivity contribution in [2.45, 2.75) is 19.9 Å². The second-order valence-electron chi connectivity index (χ2n) is 4.35. The first kappa shape index (κ1) is 13.7. The molecule has 0 amide bonds. The second-order valence-corrected chi connectivity index (χ2v) is 6.00. The van der Waals surface area contributed by atoms with E-state index in [4.69, 9.17) is 11.6 Å². The van der Waals surface area contributed by atoms with Gasteiger partial charge in [-0.25, -0.2) is 0 Å². The van der Waals surface area contributed by atoms with Crippen LogP contribution in [0.2, 0.25) is 5.02 Å². The minimum Gasteiger partial charge on any atom is -0.377 e. The first-order chi connectivity index (χ1) is 8.58. The van der Waals surface area contributed by atoms with Gasteiger partial charge in [0.1, 0.15) is 0 Å². The Hall–Kier alpha value is -0.740. The highest BCUT2D eigenvalue weighted by atomic mass is 127. The van der Waals surface area contributed by atoms with Crippen LogP contribution in [0.5, 0.6) is 0 Å². The summed E-state index contributed by atoms with van der Waals surface area (Å²) in [6, 6.07) is 14.7. The van der Waals surface area contributed by atoms with Crippen LogP contribution < -0.4 is 5.32 Å². The lowest BCUT2D eigenvalue weighted by Gasteiger charge is -2.18. The van der Waals surface area contributed by atoms with E-state index < -0.39 is 0 Å². The van der Waals surface area contributed by atoms with Crippen LogP contribution in [-0.4, -0.2) is 0 Å². The highest BCUT2D eigenvalue weighted by Gasteiger charge is 2.09. The van der Waals surface area contributed by atoms with Crippen molar-refractivity contribution >= 4 is 39.9 Å². The molecule has 1 atom stereocenters. The molecule has 0 bridgehead atoms. The molecule has 0 saturated heterocycles. The van der Waals surface area contributed by atoms with E-state index in [1.54, 1.807) is 0 Å². The Kier molecular flexibility index (Phi) is 4.51.